The van der Waals surface area contributed by atoms with E-state index in [1.54, 1.807) is 23.1 Å². The van der Waals surface area contributed by atoms with Crippen molar-refractivity contribution in [3.8, 4) is 0 Å². The second-order valence-electron chi connectivity index (χ2n) is 6.76. The highest BCUT2D eigenvalue weighted by atomic mass is 16.6. The number of ether oxygens (including phenoxy) is 2. The van der Waals surface area contributed by atoms with E-state index >= 15 is 0 Å². The van der Waals surface area contributed by atoms with Crippen LogP contribution < -0.4 is 0 Å². The highest BCUT2D eigenvalue weighted by Crippen LogP contribution is 2.28. The third-order valence-electron chi connectivity index (χ3n) is 4.91. The van der Waals surface area contributed by atoms with Crippen LogP contribution in [0.3, 0.4) is 0 Å². The Morgan fingerprint density at radius 2 is 1.83 bits per heavy atom. The molecule has 2 atom stereocenters. The summed E-state index contributed by atoms with van der Waals surface area (Å²) in [6.45, 7) is 6.17. The van der Waals surface area contributed by atoms with Gasteiger partial charge in [0.25, 0.3) is 11.6 Å². The number of nitro benzene ring substituents is 1. The first-order chi connectivity index (χ1) is 14.1. The van der Waals surface area contributed by atoms with Crippen molar-refractivity contribution in [3.63, 3.8) is 0 Å². The van der Waals surface area contributed by atoms with Crippen molar-refractivity contribution >= 4 is 11.6 Å². The molecule has 0 spiro atoms. The number of benzene rings is 2. The second-order valence-corrected chi connectivity index (χ2v) is 6.76. The van der Waals surface area contributed by atoms with Crippen molar-refractivity contribution in [3.05, 3.63) is 88.5 Å². The summed E-state index contributed by atoms with van der Waals surface area (Å²) in [6.07, 6.45) is 0.877. The Morgan fingerprint density at radius 3 is 2.41 bits per heavy atom. The lowest BCUT2D eigenvalue weighted by Gasteiger charge is -2.33. The minimum atomic E-state index is -0.785. The van der Waals surface area contributed by atoms with Crippen LogP contribution in [0.25, 0.3) is 0 Å². The summed E-state index contributed by atoms with van der Waals surface area (Å²) in [6, 6.07) is 15.8. The number of hydrogen-bond donors (Lipinski definition) is 0. The van der Waals surface area contributed by atoms with Crippen molar-refractivity contribution in [1.29, 1.82) is 0 Å². The van der Waals surface area contributed by atoms with E-state index in [0.29, 0.717) is 26.3 Å². The molecule has 29 heavy (non-hydrogen) atoms. The molecule has 3 rings (SSSR count). The summed E-state index contributed by atoms with van der Waals surface area (Å²) in [4.78, 5) is 25.5. The number of hydrogen-bond acceptors (Lipinski definition) is 5. The maximum Gasteiger partial charge on any atom is 0.269 e. The Labute approximate surface area is 169 Å². The maximum atomic E-state index is 13.3. The van der Waals surface area contributed by atoms with Gasteiger partial charge < -0.3 is 14.4 Å². The second kappa shape index (κ2) is 9.95. The van der Waals surface area contributed by atoms with Crippen LogP contribution in [0.5, 0.6) is 0 Å². The van der Waals surface area contributed by atoms with E-state index in [4.69, 9.17) is 9.47 Å². The van der Waals surface area contributed by atoms with Gasteiger partial charge in [-0.05, 0) is 11.1 Å². The number of nitrogens with zero attached hydrogens (tertiary/aromatic N) is 2. The number of nitro groups is 1. The number of carbonyl (C=O) groups is 1. The Balaban J connectivity index is 1.85. The topological polar surface area (TPSA) is 81.9 Å². The molecular formula is C22H24N2O5. The largest absolute Gasteiger partial charge is 0.378 e. The first-order valence-electron chi connectivity index (χ1n) is 9.49. The van der Waals surface area contributed by atoms with Crippen molar-refractivity contribution in [1.82, 2.24) is 4.90 Å². The minimum Gasteiger partial charge on any atom is -0.378 e. The normalized spacial score (nSPS) is 16.1. The van der Waals surface area contributed by atoms with Gasteiger partial charge in [-0.1, -0.05) is 48.5 Å². The summed E-state index contributed by atoms with van der Waals surface area (Å²) in [5, 5.41) is 10.9. The van der Waals surface area contributed by atoms with Gasteiger partial charge in [0.1, 0.15) is 6.10 Å². The van der Waals surface area contributed by atoms with Crippen molar-refractivity contribution in [2.45, 2.75) is 18.6 Å². The molecule has 0 aliphatic carbocycles. The van der Waals surface area contributed by atoms with Crippen LogP contribution in [-0.2, 0) is 20.9 Å². The molecule has 0 N–H and O–H groups in total. The maximum absolute atomic E-state index is 13.3. The molecule has 152 valence electrons. The molecule has 1 fully saturated rings. The number of morpholine rings is 1. The van der Waals surface area contributed by atoms with Gasteiger partial charge >= 0.3 is 0 Å². The van der Waals surface area contributed by atoms with Crippen LogP contribution in [0.1, 0.15) is 17.0 Å². The fourth-order valence-corrected chi connectivity index (χ4v) is 3.31. The first kappa shape index (κ1) is 20.7. The lowest BCUT2D eigenvalue weighted by Crippen LogP contribution is -2.48. The van der Waals surface area contributed by atoms with Crippen LogP contribution in [-0.4, -0.2) is 48.1 Å². The predicted molar refractivity (Wildman–Crippen MR) is 108 cm³/mol. The van der Waals surface area contributed by atoms with Gasteiger partial charge in [0.2, 0.25) is 0 Å². The molecule has 2 aromatic carbocycles. The van der Waals surface area contributed by atoms with E-state index in [2.05, 4.69) is 6.58 Å². The van der Waals surface area contributed by atoms with E-state index < -0.39 is 16.9 Å². The zero-order valence-corrected chi connectivity index (χ0v) is 16.1. The average molecular weight is 396 g/mol. The number of carbonyl (C=O) groups excluding carboxylic acids is 1. The highest BCUT2D eigenvalue weighted by Gasteiger charge is 2.33. The molecule has 1 amide bonds. The van der Waals surface area contributed by atoms with Gasteiger partial charge in [-0.25, -0.2) is 0 Å². The lowest BCUT2D eigenvalue weighted by atomic mass is 9.92. The van der Waals surface area contributed by atoms with Crippen LogP contribution in [0, 0.1) is 10.1 Å². The van der Waals surface area contributed by atoms with Crippen LogP contribution in [0.2, 0.25) is 0 Å². The van der Waals surface area contributed by atoms with Crippen LogP contribution >= 0.6 is 0 Å². The Kier molecular flexibility index (Phi) is 7.10. The van der Waals surface area contributed by atoms with Crippen molar-refractivity contribution in [2.75, 3.05) is 26.3 Å². The summed E-state index contributed by atoms with van der Waals surface area (Å²) in [7, 11) is 0. The molecule has 0 bridgehead atoms. The average Bonchev–Trinajstić information content (AvgIpc) is 2.77. The molecule has 1 heterocycles. The SMILES string of the molecule is C=C[C@@H](c1ccc([N+](=O)[O-])cc1)[C@H](OCc1ccccc1)C(=O)N1CCOCC1. The molecule has 0 saturated carbocycles. The third kappa shape index (κ3) is 5.28. The first-order valence-corrected chi connectivity index (χ1v) is 9.49. The van der Waals surface area contributed by atoms with E-state index in [-0.39, 0.29) is 18.2 Å². The molecule has 1 saturated heterocycles. The van der Waals surface area contributed by atoms with E-state index in [0.717, 1.165) is 11.1 Å². The quantitative estimate of drug-likeness (QED) is 0.388. The van der Waals surface area contributed by atoms with E-state index in [9.17, 15) is 14.9 Å². The fourth-order valence-electron chi connectivity index (χ4n) is 3.31. The standard InChI is InChI=1S/C22H24N2O5/c1-2-20(18-8-10-19(11-9-18)24(26)27)21(22(25)23-12-14-28-15-13-23)29-16-17-6-4-3-5-7-17/h2-11,20-21H,1,12-16H2/t20-,21-/m0/s1. The van der Waals surface area contributed by atoms with Gasteiger partial charge in [0, 0.05) is 31.1 Å². The highest BCUT2D eigenvalue weighted by molar-refractivity contribution is 5.82. The van der Waals surface area contributed by atoms with E-state index in [1.165, 1.54) is 12.1 Å². The lowest BCUT2D eigenvalue weighted by molar-refractivity contribution is -0.384. The van der Waals surface area contributed by atoms with Crippen molar-refractivity contribution in [2.24, 2.45) is 0 Å². The minimum absolute atomic E-state index is 0.00202. The molecule has 2 aromatic rings. The summed E-state index contributed by atoms with van der Waals surface area (Å²) < 4.78 is 11.4. The predicted octanol–water partition coefficient (Wildman–Crippen LogP) is 3.31. The summed E-state index contributed by atoms with van der Waals surface area (Å²) in [5.41, 5.74) is 1.70. The molecule has 1 aliphatic rings. The van der Waals surface area contributed by atoms with Gasteiger partial charge in [-0.3, -0.25) is 14.9 Å². The third-order valence-corrected chi connectivity index (χ3v) is 4.91. The molecule has 1 aliphatic heterocycles. The summed E-state index contributed by atoms with van der Waals surface area (Å²) >= 11 is 0. The molecule has 0 aromatic heterocycles. The Morgan fingerprint density at radius 1 is 1.17 bits per heavy atom. The van der Waals surface area contributed by atoms with Crippen LogP contribution in [0.4, 0.5) is 5.69 Å². The molecule has 7 nitrogen and oxygen atoms in total. The zero-order valence-electron chi connectivity index (χ0n) is 16.1. The Bertz CT molecular complexity index is 832. The fraction of sp³-hybridized carbons (Fsp3) is 0.318. The van der Waals surface area contributed by atoms with Gasteiger partial charge in [0.15, 0.2) is 0 Å². The number of amides is 1. The van der Waals surface area contributed by atoms with Gasteiger partial charge in [-0.2, -0.15) is 0 Å². The smallest absolute Gasteiger partial charge is 0.269 e. The summed E-state index contributed by atoms with van der Waals surface area (Å²) in [5.74, 6) is -0.567. The molecule has 0 radical (unpaired) electrons. The molecule has 0 unspecified atom stereocenters. The Hall–Kier alpha value is -3.03. The molecule has 7 heteroatoms. The number of non-ortho nitro benzene ring substituents is 1. The molecular weight excluding hydrogens is 372 g/mol. The van der Waals surface area contributed by atoms with Gasteiger partial charge in [-0.15, -0.1) is 6.58 Å². The van der Waals surface area contributed by atoms with E-state index in [1.807, 2.05) is 30.3 Å². The monoisotopic (exact) mass is 396 g/mol. The number of rotatable bonds is 8. The van der Waals surface area contributed by atoms with Gasteiger partial charge in [0.05, 0.1) is 24.7 Å². The van der Waals surface area contributed by atoms with Crippen molar-refractivity contribution < 1.29 is 19.2 Å². The van der Waals surface area contributed by atoms with Crippen LogP contribution in [0.15, 0.2) is 67.3 Å². The zero-order chi connectivity index (χ0) is 20.6.